The van der Waals surface area contributed by atoms with E-state index in [1.165, 1.54) is 0 Å². The van der Waals surface area contributed by atoms with Gasteiger partial charge in [-0.2, -0.15) is 0 Å². The zero-order valence-corrected chi connectivity index (χ0v) is 15.7. The van der Waals surface area contributed by atoms with Gasteiger partial charge in [0.05, 0.1) is 29.8 Å². The van der Waals surface area contributed by atoms with Gasteiger partial charge >= 0.3 is 5.69 Å². The highest BCUT2D eigenvalue weighted by molar-refractivity contribution is 5.92. The van der Waals surface area contributed by atoms with Crippen molar-refractivity contribution in [1.29, 1.82) is 0 Å². The van der Waals surface area contributed by atoms with Crippen LogP contribution in [-0.2, 0) is 11.3 Å². The van der Waals surface area contributed by atoms with Gasteiger partial charge < -0.3 is 19.8 Å². The molecule has 3 aromatic rings. The van der Waals surface area contributed by atoms with Crippen molar-refractivity contribution in [2.24, 2.45) is 0 Å². The molecular formula is C20H21N3O5. The molecule has 1 heterocycles. The summed E-state index contributed by atoms with van der Waals surface area (Å²) >= 11 is 0. The van der Waals surface area contributed by atoms with Crippen molar-refractivity contribution in [2.45, 2.75) is 20.4 Å². The summed E-state index contributed by atoms with van der Waals surface area (Å²) in [5, 5.41) is 3.03. The lowest BCUT2D eigenvalue weighted by atomic mass is 10.2. The number of aromatic nitrogens is 2. The zero-order valence-electron chi connectivity index (χ0n) is 15.7. The number of carbonyl (C=O) groups excluding carboxylic acids is 1. The average Bonchev–Trinajstić information content (AvgIpc) is 2.67. The van der Waals surface area contributed by atoms with Crippen molar-refractivity contribution in [2.75, 3.05) is 18.5 Å². The van der Waals surface area contributed by atoms with Gasteiger partial charge in [0.15, 0.2) is 0 Å². The number of benzene rings is 2. The van der Waals surface area contributed by atoms with Crippen LogP contribution in [0.1, 0.15) is 13.8 Å². The number of fused-ring (bicyclic) bond motifs is 1. The van der Waals surface area contributed by atoms with E-state index in [-0.39, 0.29) is 0 Å². The second-order valence-corrected chi connectivity index (χ2v) is 5.94. The van der Waals surface area contributed by atoms with E-state index in [0.29, 0.717) is 41.3 Å². The quantitative estimate of drug-likeness (QED) is 0.651. The fraction of sp³-hybridized carbons (Fsp3) is 0.250. The molecule has 2 N–H and O–H groups in total. The van der Waals surface area contributed by atoms with Crippen LogP contribution in [0.15, 0.2) is 52.1 Å². The van der Waals surface area contributed by atoms with E-state index in [0.717, 1.165) is 4.57 Å². The number of rotatable bonds is 7. The van der Waals surface area contributed by atoms with Crippen LogP contribution in [0.2, 0.25) is 0 Å². The standard InChI is InChI=1S/C20H21N3O5/c1-3-27-13-9-10-17(28-4-2)16(11-13)21-18(24)12-23-19(25)14-7-5-6-8-15(14)22-20(23)26/h5-11H,3-4,12H2,1-2H3,(H,21,24)(H,22,26). The van der Waals surface area contributed by atoms with Crippen LogP contribution in [0.5, 0.6) is 11.5 Å². The van der Waals surface area contributed by atoms with E-state index in [1.807, 2.05) is 13.8 Å². The summed E-state index contributed by atoms with van der Waals surface area (Å²) < 4.78 is 11.8. The van der Waals surface area contributed by atoms with Crippen LogP contribution in [0.3, 0.4) is 0 Å². The van der Waals surface area contributed by atoms with E-state index in [9.17, 15) is 14.4 Å². The highest BCUT2D eigenvalue weighted by Crippen LogP contribution is 2.29. The smallest absolute Gasteiger partial charge is 0.329 e. The molecule has 1 amide bonds. The molecule has 0 saturated heterocycles. The molecule has 146 valence electrons. The number of hydrogen-bond acceptors (Lipinski definition) is 5. The summed E-state index contributed by atoms with van der Waals surface area (Å²) in [6, 6.07) is 11.7. The molecule has 0 fully saturated rings. The van der Waals surface area contributed by atoms with Gasteiger partial charge in [0.1, 0.15) is 18.0 Å². The number of para-hydroxylation sites is 1. The van der Waals surface area contributed by atoms with Crippen LogP contribution in [0.4, 0.5) is 5.69 Å². The van der Waals surface area contributed by atoms with E-state index in [2.05, 4.69) is 10.3 Å². The summed E-state index contributed by atoms with van der Waals surface area (Å²) in [4.78, 5) is 39.9. The molecule has 0 aliphatic heterocycles. The van der Waals surface area contributed by atoms with Gasteiger partial charge in [-0.25, -0.2) is 4.79 Å². The summed E-state index contributed by atoms with van der Waals surface area (Å²) in [6.45, 7) is 4.15. The van der Waals surface area contributed by atoms with Crippen molar-refractivity contribution in [3.8, 4) is 11.5 Å². The van der Waals surface area contributed by atoms with Crippen molar-refractivity contribution >= 4 is 22.5 Å². The van der Waals surface area contributed by atoms with E-state index < -0.39 is 23.7 Å². The molecule has 2 aromatic carbocycles. The van der Waals surface area contributed by atoms with Crippen molar-refractivity contribution in [3.63, 3.8) is 0 Å². The third kappa shape index (κ3) is 4.06. The first kappa shape index (κ1) is 19.2. The van der Waals surface area contributed by atoms with Crippen molar-refractivity contribution in [3.05, 3.63) is 63.3 Å². The molecule has 8 nitrogen and oxygen atoms in total. The van der Waals surface area contributed by atoms with Gasteiger partial charge in [-0.15, -0.1) is 0 Å². The Balaban J connectivity index is 1.89. The molecule has 0 saturated carbocycles. The molecule has 0 aliphatic rings. The highest BCUT2D eigenvalue weighted by Gasteiger charge is 2.14. The minimum atomic E-state index is -0.646. The second kappa shape index (κ2) is 8.43. The molecule has 0 bridgehead atoms. The van der Waals surface area contributed by atoms with Crippen LogP contribution in [0, 0.1) is 0 Å². The number of amides is 1. The van der Waals surface area contributed by atoms with Gasteiger partial charge in [-0.1, -0.05) is 12.1 Å². The summed E-state index contributed by atoms with van der Waals surface area (Å²) in [7, 11) is 0. The topological polar surface area (TPSA) is 102 Å². The van der Waals surface area contributed by atoms with Crippen LogP contribution < -0.4 is 26.0 Å². The maximum absolute atomic E-state index is 12.6. The molecule has 0 atom stereocenters. The van der Waals surface area contributed by atoms with E-state index >= 15 is 0 Å². The van der Waals surface area contributed by atoms with Gasteiger partial charge in [-0.05, 0) is 38.1 Å². The number of aromatic amines is 1. The Morgan fingerprint density at radius 2 is 1.82 bits per heavy atom. The number of H-pyrrole nitrogens is 1. The number of hydrogen-bond donors (Lipinski definition) is 2. The molecular weight excluding hydrogens is 362 g/mol. The molecule has 8 heteroatoms. The summed E-state index contributed by atoms with van der Waals surface area (Å²) in [5.41, 5.74) is -0.338. The Morgan fingerprint density at radius 3 is 2.57 bits per heavy atom. The third-order valence-corrected chi connectivity index (χ3v) is 4.03. The molecule has 1 aromatic heterocycles. The molecule has 3 rings (SSSR count). The Hall–Kier alpha value is -3.55. The molecule has 0 spiro atoms. The first-order valence-electron chi connectivity index (χ1n) is 8.94. The summed E-state index contributed by atoms with van der Waals surface area (Å²) in [6.07, 6.45) is 0. The Kier molecular flexibility index (Phi) is 5.78. The molecule has 0 unspecified atom stereocenters. The van der Waals surface area contributed by atoms with Crippen molar-refractivity contribution in [1.82, 2.24) is 9.55 Å². The molecule has 0 aliphatic carbocycles. The van der Waals surface area contributed by atoms with Gasteiger partial charge in [0.2, 0.25) is 5.91 Å². The third-order valence-electron chi connectivity index (χ3n) is 4.03. The zero-order chi connectivity index (χ0) is 20.1. The Bertz CT molecular complexity index is 1120. The largest absolute Gasteiger partial charge is 0.494 e. The normalized spacial score (nSPS) is 10.6. The predicted molar refractivity (Wildman–Crippen MR) is 106 cm³/mol. The van der Waals surface area contributed by atoms with E-state index in [4.69, 9.17) is 9.47 Å². The second-order valence-electron chi connectivity index (χ2n) is 5.94. The summed E-state index contributed by atoms with van der Waals surface area (Å²) in [5.74, 6) is 0.513. The van der Waals surface area contributed by atoms with Crippen LogP contribution >= 0.6 is 0 Å². The Morgan fingerprint density at radius 1 is 1.07 bits per heavy atom. The minimum absolute atomic E-state index is 0.336. The fourth-order valence-corrected chi connectivity index (χ4v) is 2.82. The SMILES string of the molecule is CCOc1ccc(OCC)c(NC(=O)Cn2c(=O)[nH]c3ccccc3c2=O)c1. The number of ether oxygens (including phenoxy) is 2. The van der Waals surface area contributed by atoms with Gasteiger partial charge in [-0.3, -0.25) is 14.2 Å². The lowest BCUT2D eigenvalue weighted by molar-refractivity contribution is -0.116. The Labute approximate surface area is 160 Å². The number of anilines is 1. The predicted octanol–water partition coefficient (Wildman–Crippen LogP) is 2.13. The maximum Gasteiger partial charge on any atom is 0.329 e. The van der Waals surface area contributed by atoms with Crippen LogP contribution in [0.25, 0.3) is 10.9 Å². The fourth-order valence-electron chi connectivity index (χ4n) is 2.82. The highest BCUT2D eigenvalue weighted by atomic mass is 16.5. The van der Waals surface area contributed by atoms with Gasteiger partial charge in [0, 0.05) is 6.07 Å². The lowest BCUT2D eigenvalue weighted by Crippen LogP contribution is -2.38. The molecule has 0 radical (unpaired) electrons. The van der Waals surface area contributed by atoms with Crippen molar-refractivity contribution < 1.29 is 14.3 Å². The van der Waals surface area contributed by atoms with Crippen LogP contribution in [-0.4, -0.2) is 28.7 Å². The number of nitrogens with one attached hydrogen (secondary N) is 2. The monoisotopic (exact) mass is 383 g/mol. The van der Waals surface area contributed by atoms with E-state index in [1.54, 1.807) is 42.5 Å². The molecule has 28 heavy (non-hydrogen) atoms. The maximum atomic E-state index is 12.6. The first-order chi connectivity index (χ1) is 13.5. The number of nitrogens with zero attached hydrogens (tertiary/aromatic N) is 1. The van der Waals surface area contributed by atoms with Gasteiger partial charge in [0.25, 0.3) is 5.56 Å². The lowest BCUT2D eigenvalue weighted by Gasteiger charge is -2.14. The average molecular weight is 383 g/mol. The minimum Gasteiger partial charge on any atom is -0.494 e. The number of carbonyl (C=O) groups is 1. The first-order valence-corrected chi connectivity index (χ1v) is 8.94.